The maximum Gasteiger partial charge on any atom is 0.133 e. The van der Waals surface area contributed by atoms with Crippen molar-refractivity contribution in [2.45, 2.75) is 6.42 Å². The molecule has 4 rings (SSSR count). The number of aromatic nitrogens is 1. The molecule has 0 saturated carbocycles. The number of nitrogens with two attached hydrogens (primary N) is 1. The SMILES string of the molecule is Nc1cccc(-c2cccc(N3CCc4ccccc43)n2)c1. The lowest BCUT2D eigenvalue weighted by atomic mass is 10.1. The van der Waals surface area contributed by atoms with Gasteiger partial charge in [0.1, 0.15) is 5.82 Å². The van der Waals surface area contributed by atoms with E-state index in [-0.39, 0.29) is 0 Å². The third kappa shape index (κ3) is 2.21. The van der Waals surface area contributed by atoms with Crippen LogP contribution in [0.5, 0.6) is 0 Å². The minimum absolute atomic E-state index is 0.760. The van der Waals surface area contributed by atoms with Gasteiger partial charge in [-0.3, -0.25) is 0 Å². The van der Waals surface area contributed by atoms with E-state index in [0.29, 0.717) is 0 Å². The highest BCUT2D eigenvalue weighted by Gasteiger charge is 2.20. The van der Waals surface area contributed by atoms with Crippen LogP contribution in [0.4, 0.5) is 17.2 Å². The van der Waals surface area contributed by atoms with E-state index in [1.807, 2.05) is 30.3 Å². The summed E-state index contributed by atoms with van der Waals surface area (Å²) in [7, 11) is 0. The molecule has 1 aliphatic rings. The Kier molecular flexibility index (Phi) is 3.04. The Hall–Kier alpha value is -2.81. The molecule has 0 radical (unpaired) electrons. The predicted molar refractivity (Wildman–Crippen MR) is 91.2 cm³/mol. The van der Waals surface area contributed by atoms with Crippen LogP contribution >= 0.6 is 0 Å². The van der Waals surface area contributed by atoms with Gasteiger partial charge in [-0.2, -0.15) is 0 Å². The van der Waals surface area contributed by atoms with Crippen LogP contribution in [-0.4, -0.2) is 11.5 Å². The molecule has 0 fully saturated rings. The summed E-state index contributed by atoms with van der Waals surface area (Å²) in [6.45, 7) is 0.979. The third-order valence-corrected chi connectivity index (χ3v) is 4.08. The van der Waals surface area contributed by atoms with E-state index in [9.17, 15) is 0 Å². The molecule has 3 heteroatoms. The van der Waals surface area contributed by atoms with Crippen LogP contribution in [0.25, 0.3) is 11.3 Å². The van der Waals surface area contributed by atoms with Crippen LogP contribution in [0.3, 0.4) is 0 Å². The molecule has 22 heavy (non-hydrogen) atoms. The normalized spacial score (nSPS) is 13.2. The first-order valence-electron chi connectivity index (χ1n) is 7.50. The van der Waals surface area contributed by atoms with Gasteiger partial charge in [-0.15, -0.1) is 0 Å². The summed E-state index contributed by atoms with van der Waals surface area (Å²) in [5, 5.41) is 0. The number of nitrogens with zero attached hydrogens (tertiary/aromatic N) is 2. The van der Waals surface area contributed by atoms with E-state index in [1.54, 1.807) is 0 Å². The summed E-state index contributed by atoms with van der Waals surface area (Å²) in [6, 6.07) is 22.5. The van der Waals surface area contributed by atoms with Crippen molar-refractivity contribution < 1.29 is 0 Å². The Morgan fingerprint density at radius 2 is 1.77 bits per heavy atom. The molecule has 0 spiro atoms. The minimum atomic E-state index is 0.760. The van der Waals surface area contributed by atoms with E-state index in [2.05, 4.69) is 41.3 Å². The smallest absolute Gasteiger partial charge is 0.133 e. The standard InChI is InChI=1S/C19H17N3/c20-16-7-3-6-15(13-16)17-8-4-10-19(21-17)22-12-11-14-5-1-2-9-18(14)22/h1-10,13H,11-12,20H2. The van der Waals surface area contributed by atoms with Gasteiger partial charge in [0.2, 0.25) is 0 Å². The molecule has 2 heterocycles. The molecule has 108 valence electrons. The molecule has 0 unspecified atom stereocenters. The van der Waals surface area contributed by atoms with Gasteiger partial charge in [0.05, 0.1) is 5.69 Å². The van der Waals surface area contributed by atoms with E-state index in [4.69, 9.17) is 10.7 Å². The van der Waals surface area contributed by atoms with Gasteiger partial charge in [-0.05, 0) is 42.3 Å². The van der Waals surface area contributed by atoms with Crippen LogP contribution in [0, 0.1) is 0 Å². The molecule has 2 aromatic carbocycles. The van der Waals surface area contributed by atoms with Crippen LogP contribution in [0.2, 0.25) is 0 Å². The van der Waals surface area contributed by atoms with Crippen molar-refractivity contribution in [2.75, 3.05) is 17.2 Å². The molecule has 0 atom stereocenters. The highest BCUT2D eigenvalue weighted by molar-refractivity contribution is 5.71. The van der Waals surface area contributed by atoms with E-state index < -0.39 is 0 Å². The Labute approximate surface area is 130 Å². The van der Waals surface area contributed by atoms with Gasteiger partial charge >= 0.3 is 0 Å². The van der Waals surface area contributed by atoms with Crippen molar-refractivity contribution in [1.82, 2.24) is 4.98 Å². The van der Waals surface area contributed by atoms with Crippen molar-refractivity contribution in [1.29, 1.82) is 0 Å². The number of rotatable bonds is 2. The summed E-state index contributed by atoms with van der Waals surface area (Å²) in [6.07, 6.45) is 1.07. The average molecular weight is 287 g/mol. The fourth-order valence-electron chi connectivity index (χ4n) is 3.01. The summed E-state index contributed by atoms with van der Waals surface area (Å²) < 4.78 is 0. The molecule has 1 aromatic heterocycles. The largest absolute Gasteiger partial charge is 0.399 e. The highest BCUT2D eigenvalue weighted by atomic mass is 15.2. The average Bonchev–Trinajstić information content (AvgIpc) is 2.99. The first-order chi connectivity index (χ1) is 10.8. The lowest BCUT2D eigenvalue weighted by molar-refractivity contribution is 0.975. The number of anilines is 3. The lowest BCUT2D eigenvalue weighted by Gasteiger charge is -2.19. The van der Waals surface area contributed by atoms with Crippen LogP contribution in [0.1, 0.15) is 5.56 Å². The second kappa shape index (κ2) is 5.19. The first kappa shape index (κ1) is 12.9. The zero-order chi connectivity index (χ0) is 14.9. The summed E-state index contributed by atoms with van der Waals surface area (Å²) in [4.78, 5) is 7.12. The van der Waals surface area contributed by atoms with Crippen LogP contribution < -0.4 is 10.6 Å². The van der Waals surface area contributed by atoms with E-state index in [0.717, 1.165) is 35.7 Å². The first-order valence-corrected chi connectivity index (χ1v) is 7.50. The minimum Gasteiger partial charge on any atom is -0.399 e. The molecule has 0 amide bonds. The highest BCUT2D eigenvalue weighted by Crippen LogP contribution is 2.34. The van der Waals surface area contributed by atoms with Crippen molar-refractivity contribution in [3.63, 3.8) is 0 Å². The van der Waals surface area contributed by atoms with Gasteiger partial charge in [0.15, 0.2) is 0 Å². The summed E-state index contributed by atoms with van der Waals surface area (Å²) in [5.41, 5.74) is 11.3. The third-order valence-electron chi connectivity index (χ3n) is 4.08. The van der Waals surface area contributed by atoms with Gasteiger partial charge in [0, 0.05) is 23.5 Å². The number of benzene rings is 2. The maximum absolute atomic E-state index is 5.88. The van der Waals surface area contributed by atoms with Gasteiger partial charge in [0.25, 0.3) is 0 Å². The molecule has 3 nitrogen and oxygen atoms in total. The van der Waals surface area contributed by atoms with Gasteiger partial charge < -0.3 is 10.6 Å². The van der Waals surface area contributed by atoms with Crippen molar-refractivity contribution in [2.24, 2.45) is 0 Å². The zero-order valence-corrected chi connectivity index (χ0v) is 12.2. The Morgan fingerprint density at radius 3 is 2.68 bits per heavy atom. The zero-order valence-electron chi connectivity index (χ0n) is 12.2. The maximum atomic E-state index is 5.88. The van der Waals surface area contributed by atoms with E-state index >= 15 is 0 Å². The molecule has 0 saturated heterocycles. The molecule has 0 aliphatic carbocycles. The Balaban J connectivity index is 1.74. The summed E-state index contributed by atoms with van der Waals surface area (Å²) >= 11 is 0. The second-order valence-electron chi connectivity index (χ2n) is 5.54. The second-order valence-corrected chi connectivity index (χ2v) is 5.54. The van der Waals surface area contributed by atoms with Crippen molar-refractivity contribution in [3.8, 4) is 11.3 Å². The number of fused-ring (bicyclic) bond motifs is 1. The van der Waals surface area contributed by atoms with Crippen LogP contribution in [-0.2, 0) is 6.42 Å². The Morgan fingerprint density at radius 1 is 0.909 bits per heavy atom. The van der Waals surface area contributed by atoms with Crippen LogP contribution in [0.15, 0.2) is 66.7 Å². The fourth-order valence-corrected chi connectivity index (χ4v) is 3.01. The van der Waals surface area contributed by atoms with E-state index in [1.165, 1.54) is 11.3 Å². The molecular formula is C19H17N3. The van der Waals surface area contributed by atoms with Gasteiger partial charge in [-0.25, -0.2) is 4.98 Å². The Bertz CT molecular complexity index is 826. The molecule has 1 aliphatic heterocycles. The quantitative estimate of drug-likeness (QED) is 0.724. The van der Waals surface area contributed by atoms with Gasteiger partial charge in [-0.1, -0.05) is 36.4 Å². The monoisotopic (exact) mass is 287 g/mol. The number of hydrogen-bond acceptors (Lipinski definition) is 3. The number of hydrogen-bond donors (Lipinski definition) is 1. The number of para-hydroxylation sites is 1. The molecule has 2 N–H and O–H groups in total. The molecule has 3 aromatic rings. The summed E-state index contributed by atoms with van der Waals surface area (Å²) in [5.74, 6) is 0.991. The lowest BCUT2D eigenvalue weighted by Crippen LogP contribution is -2.14. The van der Waals surface area contributed by atoms with Crippen molar-refractivity contribution in [3.05, 3.63) is 72.3 Å². The van der Waals surface area contributed by atoms with Crippen molar-refractivity contribution >= 4 is 17.2 Å². The number of nitrogen functional groups attached to an aromatic ring is 1. The molecular weight excluding hydrogens is 270 g/mol. The topological polar surface area (TPSA) is 42.1 Å². The number of pyridine rings is 1. The predicted octanol–water partition coefficient (Wildman–Crippen LogP) is 4.03. The molecule has 0 bridgehead atoms. The fraction of sp³-hybridized carbons (Fsp3) is 0.105.